The average molecular weight is 344 g/mol. The van der Waals surface area contributed by atoms with Crippen molar-refractivity contribution < 1.29 is 9.18 Å². The molecule has 2 aromatic carbocycles. The molecule has 0 spiro atoms. The number of rotatable bonds is 2. The Morgan fingerprint density at radius 2 is 1.95 bits per heavy atom. The van der Waals surface area contributed by atoms with Gasteiger partial charge in [0.2, 0.25) is 0 Å². The molecule has 3 N–H and O–H groups in total. The van der Waals surface area contributed by atoms with Gasteiger partial charge in [0, 0.05) is 0 Å². The van der Waals surface area contributed by atoms with E-state index in [0.717, 1.165) is 0 Å². The maximum Gasteiger partial charge on any atom is 0.258 e. The molecule has 0 radical (unpaired) electrons. The number of nitrogens with two attached hydrogens (primary N) is 1. The van der Waals surface area contributed by atoms with Gasteiger partial charge < -0.3 is 11.1 Å². The SMILES string of the molecule is Nc1cccc(Cl)c1NC(=O)c1cccc(Br)c1F. The standard InChI is InChI=1S/C13H9BrClFN2O/c14-8-4-1-3-7(11(8)16)13(19)18-12-9(15)5-2-6-10(12)17/h1-6H,17H2,(H,18,19). The number of carbonyl (C=O) groups is 1. The average Bonchev–Trinajstić information content (AvgIpc) is 2.37. The van der Waals surface area contributed by atoms with Gasteiger partial charge in [-0.15, -0.1) is 0 Å². The monoisotopic (exact) mass is 342 g/mol. The molecular weight excluding hydrogens is 335 g/mol. The molecule has 3 nitrogen and oxygen atoms in total. The van der Waals surface area contributed by atoms with E-state index >= 15 is 0 Å². The van der Waals surface area contributed by atoms with E-state index < -0.39 is 11.7 Å². The van der Waals surface area contributed by atoms with Gasteiger partial charge in [0.05, 0.1) is 26.4 Å². The Bertz CT molecular complexity index is 628. The predicted octanol–water partition coefficient (Wildman–Crippen LogP) is 4.08. The largest absolute Gasteiger partial charge is 0.397 e. The highest BCUT2D eigenvalue weighted by Crippen LogP contribution is 2.29. The smallest absolute Gasteiger partial charge is 0.258 e. The summed E-state index contributed by atoms with van der Waals surface area (Å²) in [7, 11) is 0. The molecule has 1 amide bonds. The third-order valence-electron chi connectivity index (χ3n) is 2.48. The van der Waals surface area contributed by atoms with Crippen LogP contribution in [0.2, 0.25) is 5.02 Å². The summed E-state index contributed by atoms with van der Waals surface area (Å²) in [5.74, 6) is -1.25. The zero-order valence-corrected chi connectivity index (χ0v) is 11.9. The van der Waals surface area contributed by atoms with Crippen molar-refractivity contribution in [2.24, 2.45) is 0 Å². The van der Waals surface area contributed by atoms with Crippen molar-refractivity contribution >= 4 is 44.8 Å². The highest BCUT2D eigenvalue weighted by molar-refractivity contribution is 9.10. The number of para-hydroxylation sites is 1. The van der Waals surface area contributed by atoms with Gasteiger partial charge in [0.15, 0.2) is 0 Å². The van der Waals surface area contributed by atoms with Crippen molar-refractivity contribution in [3.8, 4) is 0 Å². The molecule has 0 aliphatic carbocycles. The molecule has 6 heteroatoms. The first-order valence-electron chi connectivity index (χ1n) is 5.30. The van der Waals surface area contributed by atoms with Crippen LogP contribution in [0.3, 0.4) is 0 Å². The fraction of sp³-hybridized carbons (Fsp3) is 0. The summed E-state index contributed by atoms with van der Waals surface area (Å²) in [6, 6.07) is 9.30. The fourth-order valence-electron chi connectivity index (χ4n) is 1.53. The van der Waals surface area contributed by atoms with Crippen molar-refractivity contribution in [2.75, 3.05) is 11.1 Å². The number of anilines is 2. The van der Waals surface area contributed by atoms with Crippen LogP contribution in [0.1, 0.15) is 10.4 Å². The summed E-state index contributed by atoms with van der Waals surface area (Å²) < 4.78 is 14.0. The first-order valence-corrected chi connectivity index (χ1v) is 6.47. The maximum absolute atomic E-state index is 13.8. The third-order valence-corrected chi connectivity index (χ3v) is 3.41. The molecule has 98 valence electrons. The second kappa shape index (κ2) is 5.59. The van der Waals surface area contributed by atoms with Gasteiger partial charge in [-0.05, 0) is 40.2 Å². The zero-order chi connectivity index (χ0) is 14.0. The molecule has 0 saturated carbocycles. The Morgan fingerprint density at radius 1 is 1.26 bits per heavy atom. The second-order valence-electron chi connectivity index (χ2n) is 3.76. The Kier molecular flexibility index (Phi) is 4.07. The van der Waals surface area contributed by atoms with E-state index in [4.69, 9.17) is 17.3 Å². The summed E-state index contributed by atoms with van der Waals surface area (Å²) in [4.78, 5) is 12.0. The summed E-state index contributed by atoms with van der Waals surface area (Å²) in [6.07, 6.45) is 0. The van der Waals surface area contributed by atoms with Crippen LogP contribution >= 0.6 is 27.5 Å². The Morgan fingerprint density at radius 3 is 2.63 bits per heavy atom. The van der Waals surface area contributed by atoms with E-state index in [9.17, 15) is 9.18 Å². The molecule has 0 heterocycles. The summed E-state index contributed by atoms with van der Waals surface area (Å²) in [6.45, 7) is 0. The van der Waals surface area contributed by atoms with Crippen LogP contribution in [0.15, 0.2) is 40.9 Å². The number of halogens is 3. The minimum absolute atomic E-state index is 0.0892. The van der Waals surface area contributed by atoms with Crippen molar-refractivity contribution in [1.82, 2.24) is 0 Å². The molecule has 0 bridgehead atoms. The number of amides is 1. The molecule has 0 atom stereocenters. The van der Waals surface area contributed by atoms with Gasteiger partial charge in [0.1, 0.15) is 5.82 Å². The maximum atomic E-state index is 13.8. The number of hydrogen-bond acceptors (Lipinski definition) is 2. The van der Waals surface area contributed by atoms with Crippen LogP contribution in [0.5, 0.6) is 0 Å². The summed E-state index contributed by atoms with van der Waals surface area (Å²) in [5, 5.41) is 2.80. The van der Waals surface area contributed by atoms with Crippen LogP contribution < -0.4 is 11.1 Å². The first-order chi connectivity index (χ1) is 9.00. The predicted molar refractivity (Wildman–Crippen MR) is 77.9 cm³/mol. The van der Waals surface area contributed by atoms with Crippen molar-refractivity contribution in [3.63, 3.8) is 0 Å². The molecule has 0 aromatic heterocycles. The first kappa shape index (κ1) is 13.8. The van der Waals surface area contributed by atoms with E-state index in [1.165, 1.54) is 12.1 Å². The number of nitrogen functional groups attached to an aromatic ring is 1. The lowest BCUT2D eigenvalue weighted by atomic mass is 10.2. The van der Waals surface area contributed by atoms with Crippen LogP contribution in [-0.2, 0) is 0 Å². The molecule has 0 aliphatic heterocycles. The molecule has 0 saturated heterocycles. The van der Waals surface area contributed by atoms with Crippen LogP contribution in [0, 0.1) is 5.82 Å². The number of benzene rings is 2. The highest BCUT2D eigenvalue weighted by atomic mass is 79.9. The summed E-state index contributed by atoms with van der Waals surface area (Å²) in [5.41, 5.74) is 6.21. The minimum atomic E-state index is -0.634. The van der Waals surface area contributed by atoms with Gasteiger partial charge >= 0.3 is 0 Å². The number of hydrogen-bond donors (Lipinski definition) is 2. The number of carbonyl (C=O) groups excluding carboxylic acids is 1. The van der Waals surface area contributed by atoms with Gasteiger partial charge in [-0.3, -0.25) is 4.79 Å². The van der Waals surface area contributed by atoms with Gasteiger partial charge in [0.25, 0.3) is 5.91 Å². The summed E-state index contributed by atoms with van der Waals surface area (Å²) >= 11 is 8.96. The molecule has 0 fully saturated rings. The third kappa shape index (κ3) is 2.88. The highest BCUT2D eigenvalue weighted by Gasteiger charge is 2.16. The Labute approximate surface area is 122 Å². The Hall–Kier alpha value is -1.59. The fourth-order valence-corrected chi connectivity index (χ4v) is 2.13. The molecule has 0 aliphatic rings. The topological polar surface area (TPSA) is 55.1 Å². The molecule has 19 heavy (non-hydrogen) atoms. The minimum Gasteiger partial charge on any atom is -0.397 e. The van der Waals surface area contributed by atoms with Crippen molar-refractivity contribution in [2.45, 2.75) is 0 Å². The van der Waals surface area contributed by atoms with Crippen molar-refractivity contribution in [3.05, 3.63) is 57.3 Å². The second-order valence-corrected chi connectivity index (χ2v) is 5.02. The van der Waals surface area contributed by atoms with E-state index in [1.807, 2.05) is 0 Å². The van der Waals surface area contributed by atoms with E-state index in [0.29, 0.717) is 10.7 Å². The normalized spacial score (nSPS) is 10.3. The zero-order valence-electron chi connectivity index (χ0n) is 9.58. The van der Waals surface area contributed by atoms with Crippen molar-refractivity contribution in [1.29, 1.82) is 0 Å². The van der Waals surface area contributed by atoms with E-state index in [1.54, 1.807) is 24.3 Å². The lowest BCUT2D eigenvalue weighted by molar-refractivity contribution is 0.102. The van der Waals surface area contributed by atoms with Gasteiger partial charge in [-0.1, -0.05) is 23.7 Å². The van der Waals surface area contributed by atoms with E-state index in [2.05, 4.69) is 21.2 Å². The Balaban J connectivity index is 2.34. The molecule has 2 rings (SSSR count). The molecule has 0 unspecified atom stereocenters. The van der Waals surface area contributed by atoms with Crippen LogP contribution in [0.25, 0.3) is 0 Å². The number of nitrogens with one attached hydrogen (secondary N) is 1. The van der Waals surface area contributed by atoms with E-state index in [-0.39, 0.29) is 15.7 Å². The van der Waals surface area contributed by atoms with Gasteiger partial charge in [-0.2, -0.15) is 0 Å². The van der Waals surface area contributed by atoms with Crippen LogP contribution in [-0.4, -0.2) is 5.91 Å². The quantitative estimate of drug-likeness (QED) is 0.807. The molecule has 2 aromatic rings. The lowest BCUT2D eigenvalue weighted by Crippen LogP contribution is -2.15. The van der Waals surface area contributed by atoms with Crippen LogP contribution in [0.4, 0.5) is 15.8 Å². The molecular formula is C13H9BrClFN2O. The lowest BCUT2D eigenvalue weighted by Gasteiger charge is -2.10. The van der Waals surface area contributed by atoms with Gasteiger partial charge in [-0.25, -0.2) is 4.39 Å².